The standard InChI is InChI=1S/C22H28N2O5S2/c1-5-12-24-18-10-9-17(14-21(18)30-22(24)25)31(26,27)23-15(4)16-8-11-19(28-6-2)20(13-16)29-7-3/h8-11,13-15,23H,5-7,12H2,1-4H3. The van der Waals surface area contributed by atoms with Gasteiger partial charge >= 0.3 is 4.87 Å². The van der Waals surface area contributed by atoms with E-state index in [0.717, 1.165) is 28.8 Å². The van der Waals surface area contributed by atoms with Crippen LogP contribution in [0.25, 0.3) is 10.2 Å². The highest BCUT2D eigenvalue weighted by atomic mass is 32.2. The number of aromatic nitrogens is 1. The Balaban J connectivity index is 1.87. The van der Waals surface area contributed by atoms with Gasteiger partial charge in [0.2, 0.25) is 10.0 Å². The first-order valence-corrected chi connectivity index (χ1v) is 12.7. The minimum atomic E-state index is -3.79. The molecule has 168 valence electrons. The van der Waals surface area contributed by atoms with Crippen LogP contribution in [0, 0.1) is 0 Å². The van der Waals surface area contributed by atoms with Crippen molar-refractivity contribution >= 4 is 31.6 Å². The number of rotatable bonds is 10. The topological polar surface area (TPSA) is 86.6 Å². The molecule has 3 rings (SSSR count). The summed E-state index contributed by atoms with van der Waals surface area (Å²) in [5.74, 6) is 1.21. The van der Waals surface area contributed by atoms with Gasteiger partial charge in [-0.1, -0.05) is 24.3 Å². The zero-order valence-corrected chi connectivity index (χ0v) is 19.8. The molecule has 7 nitrogen and oxygen atoms in total. The molecule has 0 saturated carbocycles. The van der Waals surface area contributed by atoms with E-state index in [-0.39, 0.29) is 9.77 Å². The van der Waals surface area contributed by atoms with Crippen LogP contribution in [0.15, 0.2) is 46.1 Å². The second-order valence-electron chi connectivity index (χ2n) is 7.06. The predicted octanol–water partition coefficient (Wildman–Crippen LogP) is 4.31. The molecule has 2 aromatic carbocycles. The minimum Gasteiger partial charge on any atom is -0.490 e. The Morgan fingerprint density at radius 3 is 2.42 bits per heavy atom. The van der Waals surface area contributed by atoms with Crippen molar-refractivity contribution in [2.45, 2.75) is 51.6 Å². The van der Waals surface area contributed by atoms with Gasteiger partial charge in [-0.3, -0.25) is 9.36 Å². The fraction of sp³-hybridized carbons (Fsp3) is 0.409. The lowest BCUT2D eigenvalue weighted by Gasteiger charge is -2.17. The molecule has 0 aliphatic carbocycles. The zero-order chi connectivity index (χ0) is 22.6. The number of hydrogen-bond acceptors (Lipinski definition) is 6. The van der Waals surface area contributed by atoms with Crippen LogP contribution in [0.1, 0.15) is 45.7 Å². The van der Waals surface area contributed by atoms with Gasteiger partial charge in [-0.2, -0.15) is 0 Å². The smallest absolute Gasteiger partial charge is 0.308 e. The minimum absolute atomic E-state index is 0.0782. The first-order valence-electron chi connectivity index (χ1n) is 10.4. The third-order valence-electron chi connectivity index (χ3n) is 4.80. The van der Waals surface area contributed by atoms with Crippen LogP contribution in [-0.4, -0.2) is 26.2 Å². The highest BCUT2D eigenvalue weighted by Crippen LogP contribution is 2.31. The second kappa shape index (κ2) is 9.84. The van der Waals surface area contributed by atoms with Crippen molar-refractivity contribution < 1.29 is 17.9 Å². The Morgan fingerprint density at radius 2 is 1.74 bits per heavy atom. The number of hydrogen-bond donors (Lipinski definition) is 1. The molecule has 1 heterocycles. The van der Waals surface area contributed by atoms with Gasteiger partial charge in [0.1, 0.15) is 0 Å². The molecule has 31 heavy (non-hydrogen) atoms. The van der Waals surface area contributed by atoms with Crippen molar-refractivity contribution in [2.24, 2.45) is 0 Å². The van der Waals surface area contributed by atoms with Crippen molar-refractivity contribution in [2.75, 3.05) is 13.2 Å². The van der Waals surface area contributed by atoms with Crippen molar-refractivity contribution in [3.8, 4) is 11.5 Å². The number of nitrogens with zero attached hydrogens (tertiary/aromatic N) is 1. The predicted molar refractivity (Wildman–Crippen MR) is 124 cm³/mol. The average molecular weight is 465 g/mol. The quantitative estimate of drug-likeness (QED) is 0.483. The van der Waals surface area contributed by atoms with Crippen LogP contribution >= 0.6 is 11.3 Å². The second-order valence-corrected chi connectivity index (χ2v) is 9.77. The molecule has 3 aromatic rings. The van der Waals surface area contributed by atoms with Gasteiger partial charge in [-0.15, -0.1) is 0 Å². The van der Waals surface area contributed by atoms with Crippen LogP contribution in [0.4, 0.5) is 0 Å². The van der Waals surface area contributed by atoms with Crippen LogP contribution < -0.4 is 19.1 Å². The lowest BCUT2D eigenvalue weighted by molar-refractivity contribution is 0.287. The van der Waals surface area contributed by atoms with E-state index in [1.807, 2.05) is 26.8 Å². The van der Waals surface area contributed by atoms with E-state index in [0.29, 0.717) is 36.0 Å². The van der Waals surface area contributed by atoms with Crippen LogP contribution in [-0.2, 0) is 16.6 Å². The number of benzene rings is 2. The molecule has 0 aliphatic heterocycles. The summed E-state index contributed by atoms with van der Waals surface area (Å²) < 4.78 is 42.3. The number of ether oxygens (including phenoxy) is 2. The lowest BCUT2D eigenvalue weighted by atomic mass is 10.1. The van der Waals surface area contributed by atoms with Gasteiger partial charge in [0.15, 0.2) is 11.5 Å². The van der Waals surface area contributed by atoms with E-state index in [1.165, 1.54) is 0 Å². The molecule has 0 spiro atoms. The summed E-state index contributed by atoms with van der Waals surface area (Å²) in [5, 5.41) is 0. The summed E-state index contributed by atoms with van der Waals surface area (Å²) in [6.45, 7) is 9.15. The molecule has 9 heteroatoms. The summed E-state index contributed by atoms with van der Waals surface area (Å²) in [6.07, 6.45) is 0.830. The van der Waals surface area contributed by atoms with E-state index in [2.05, 4.69) is 4.72 Å². The molecule has 0 bridgehead atoms. The summed E-state index contributed by atoms with van der Waals surface area (Å²) in [4.78, 5) is 12.3. The average Bonchev–Trinajstić information content (AvgIpc) is 3.04. The maximum absolute atomic E-state index is 13.0. The molecule has 0 aliphatic rings. The van der Waals surface area contributed by atoms with E-state index in [4.69, 9.17) is 9.47 Å². The Morgan fingerprint density at radius 1 is 1.03 bits per heavy atom. The summed E-state index contributed by atoms with van der Waals surface area (Å²) in [6, 6.07) is 9.72. The molecular formula is C22H28N2O5S2. The van der Waals surface area contributed by atoms with Gasteiger partial charge < -0.3 is 9.47 Å². The molecule has 0 fully saturated rings. The summed E-state index contributed by atoms with van der Waals surface area (Å²) in [5.41, 5.74) is 1.52. The molecular weight excluding hydrogens is 436 g/mol. The lowest BCUT2D eigenvalue weighted by Crippen LogP contribution is -2.27. The Bertz CT molecular complexity index is 1210. The van der Waals surface area contributed by atoms with Crippen molar-refractivity contribution in [1.82, 2.24) is 9.29 Å². The first-order chi connectivity index (χ1) is 14.8. The number of sulfonamides is 1. The number of thiazole rings is 1. The van der Waals surface area contributed by atoms with E-state index < -0.39 is 16.1 Å². The number of fused-ring (bicyclic) bond motifs is 1. The Hall–Kier alpha value is -2.36. The maximum Gasteiger partial charge on any atom is 0.308 e. The third kappa shape index (κ3) is 5.11. The van der Waals surface area contributed by atoms with Gasteiger partial charge in [0.05, 0.1) is 28.3 Å². The Kier molecular flexibility index (Phi) is 7.40. The van der Waals surface area contributed by atoms with Crippen molar-refractivity contribution in [1.29, 1.82) is 0 Å². The van der Waals surface area contributed by atoms with Gasteiger partial charge in [0.25, 0.3) is 0 Å². The third-order valence-corrected chi connectivity index (χ3v) is 7.28. The number of nitrogens with one attached hydrogen (secondary N) is 1. The molecule has 0 saturated heterocycles. The summed E-state index contributed by atoms with van der Waals surface area (Å²) >= 11 is 1.06. The van der Waals surface area contributed by atoms with Gasteiger partial charge in [-0.05, 0) is 63.1 Å². The zero-order valence-electron chi connectivity index (χ0n) is 18.2. The normalized spacial score (nSPS) is 12.8. The molecule has 0 amide bonds. The molecule has 1 atom stereocenters. The van der Waals surface area contributed by atoms with Crippen LogP contribution in [0.5, 0.6) is 11.5 Å². The number of aryl methyl sites for hydroxylation is 1. The largest absolute Gasteiger partial charge is 0.490 e. The van der Waals surface area contributed by atoms with Gasteiger partial charge in [-0.25, -0.2) is 13.1 Å². The molecule has 0 radical (unpaired) electrons. The molecule has 1 N–H and O–H groups in total. The SMILES string of the molecule is CCCn1c(=O)sc2cc(S(=O)(=O)NC(C)c3ccc(OCC)c(OCC)c3)ccc21. The monoisotopic (exact) mass is 464 g/mol. The van der Waals surface area contributed by atoms with E-state index in [9.17, 15) is 13.2 Å². The fourth-order valence-corrected chi connectivity index (χ4v) is 5.64. The summed E-state index contributed by atoms with van der Waals surface area (Å²) in [7, 11) is -3.79. The van der Waals surface area contributed by atoms with E-state index in [1.54, 1.807) is 41.8 Å². The maximum atomic E-state index is 13.0. The van der Waals surface area contributed by atoms with E-state index >= 15 is 0 Å². The van der Waals surface area contributed by atoms with Gasteiger partial charge in [0, 0.05) is 12.6 Å². The highest BCUT2D eigenvalue weighted by Gasteiger charge is 2.21. The first kappa shape index (κ1) is 23.3. The fourth-order valence-electron chi connectivity index (χ4n) is 3.36. The van der Waals surface area contributed by atoms with Crippen molar-refractivity contribution in [3.63, 3.8) is 0 Å². The van der Waals surface area contributed by atoms with Crippen LogP contribution in [0.3, 0.4) is 0 Å². The van der Waals surface area contributed by atoms with Crippen molar-refractivity contribution in [3.05, 3.63) is 51.6 Å². The molecule has 1 aromatic heterocycles. The molecule has 1 unspecified atom stereocenters. The van der Waals surface area contributed by atoms with Crippen LogP contribution in [0.2, 0.25) is 0 Å². The highest BCUT2D eigenvalue weighted by molar-refractivity contribution is 7.89. The Labute approximate surface area is 186 Å².